The molecule has 0 fully saturated rings. The lowest BCUT2D eigenvalue weighted by Crippen LogP contribution is -2.20. The standard InChI is InChI=1S/C6H13BrO2/c1-2-5(7)6(9)3-4-8/h5-6,8-9H,2-4H2,1H3/t5-,6-/m1/s1. The molecule has 0 amide bonds. The highest BCUT2D eigenvalue weighted by Crippen LogP contribution is 2.11. The number of rotatable bonds is 4. The summed E-state index contributed by atoms with van der Waals surface area (Å²) in [5.41, 5.74) is 0. The van der Waals surface area contributed by atoms with Gasteiger partial charge in [-0.15, -0.1) is 0 Å². The molecule has 0 spiro atoms. The molecule has 0 unspecified atom stereocenters. The van der Waals surface area contributed by atoms with Crippen LogP contribution in [0.25, 0.3) is 0 Å². The van der Waals surface area contributed by atoms with Crippen LogP contribution in [0.3, 0.4) is 0 Å². The Morgan fingerprint density at radius 2 is 2.11 bits per heavy atom. The number of hydrogen-bond donors (Lipinski definition) is 2. The van der Waals surface area contributed by atoms with Gasteiger partial charge in [0, 0.05) is 11.4 Å². The van der Waals surface area contributed by atoms with Gasteiger partial charge in [-0.1, -0.05) is 22.9 Å². The molecular weight excluding hydrogens is 184 g/mol. The molecule has 0 aromatic rings. The second-order valence-electron chi connectivity index (χ2n) is 2.00. The topological polar surface area (TPSA) is 40.5 Å². The van der Waals surface area contributed by atoms with E-state index in [0.29, 0.717) is 6.42 Å². The summed E-state index contributed by atoms with van der Waals surface area (Å²) in [6.45, 7) is 2.04. The Balaban J connectivity index is 3.32. The Morgan fingerprint density at radius 1 is 1.56 bits per heavy atom. The first-order valence-electron chi connectivity index (χ1n) is 3.15. The fourth-order valence-corrected chi connectivity index (χ4v) is 0.850. The van der Waals surface area contributed by atoms with Crippen molar-refractivity contribution >= 4 is 15.9 Å². The molecule has 0 rings (SSSR count). The summed E-state index contributed by atoms with van der Waals surface area (Å²) < 4.78 is 0. The zero-order chi connectivity index (χ0) is 7.28. The van der Waals surface area contributed by atoms with E-state index in [-0.39, 0.29) is 11.4 Å². The lowest BCUT2D eigenvalue weighted by molar-refractivity contribution is 0.131. The van der Waals surface area contributed by atoms with Crippen molar-refractivity contribution in [3.63, 3.8) is 0 Å². The number of aliphatic hydroxyl groups is 2. The second-order valence-corrected chi connectivity index (χ2v) is 3.18. The highest BCUT2D eigenvalue weighted by Gasteiger charge is 2.11. The fourth-order valence-electron chi connectivity index (χ4n) is 0.585. The molecule has 0 aliphatic rings. The average molecular weight is 197 g/mol. The summed E-state index contributed by atoms with van der Waals surface area (Å²) in [5, 5.41) is 17.5. The Hall–Kier alpha value is 0.400. The minimum Gasteiger partial charge on any atom is -0.396 e. The Labute approximate surface area is 64.0 Å². The van der Waals surface area contributed by atoms with Crippen LogP contribution in [-0.4, -0.2) is 27.8 Å². The Morgan fingerprint density at radius 3 is 2.44 bits per heavy atom. The van der Waals surface area contributed by atoms with E-state index in [1.165, 1.54) is 0 Å². The van der Waals surface area contributed by atoms with E-state index in [4.69, 9.17) is 10.2 Å². The van der Waals surface area contributed by atoms with Gasteiger partial charge in [0.15, 0.2) is 0 Å². The molecule has 0 bridgehead atoms. The zero-order valence-corrected chi connectivity index (χ0v) is 7.13. The summed E-state index contributed by atoms with van der Waals surface area (Å²) in [4.78, 5) is 0.129. The molecule has 2 N–H and O–H groups in total. The van der Waals surface area contributed by atoms with Crippen molar-refractivity contribution in [3.05, 3.63) is 0 Å². The van der Waals surface area contributed by atoms with Gasteiger partial charge >= 0.3 is 0 Å². The summed E-state index contributed by atoms with van der Waals surface area (Å²) in [7, 11) is 0. The van der Waals surface area contributed by atoms with E-state index in [9.17, 15) is 0 Å². The highest BCUT2D eigenvalue weighted by atomic mass is 79.9. The fraction of sp³-hybridized carbons (Fsp3) is 1.00. The van der Waals surface area contributed by atoms with Crippen LogP contribution >= 0.6 is 15.9 Å². The predicted molar refractivity (Wildman–Crippen MR) is 40.7 cm³/mol. The van der Waals surface area contributed by atoms with Crippen molar-refractivity contribution in [1.82, 2.24) is 0 Å². The van der Waals surface area contributed by atoms with Crippen LogP contribution in [-0.2, 0) is 0 Å². The van der Waals surface area contributed by atoms with E-state index in [1.807, 2.05) is 6.92 Å². The van der Waals surface area contributed by atoms with Gasteiger partial charge in [-0.05, 0) is 12.8 Å². The van der Waals surface area contributed by atoms with Gasteiger partial charge in [-0.3, -0.25) is 0 Å². The molecule has 2 nitrogen and oxygen atoms in total. The number of hydrogen-bond acceptors (Lipinski definition) is 2. The molecule has 0 saturated heterocycles. The molecule has 0 aliphatic heterocycles. The zero-order valence-electron chi connectivity index (χ0n) is 5.55. The van der Waals surface area contributed by atoms with Crippen LogP contribution in [0, 0.1) is 0 Å². The Kier molecular flexibility index (Phi) is 5.44. The van der Waals surface area contributed by atoms with Gasteiger partial charge in [0.05, 0.1) is 6.10 Å². The van der Waals surface area contributed by atoms with E-state index >= 15 is 0 Å². The van der Waals surface area contributed by atoms with Crippen molar-refractivity contribution in [2.75, 3.05) is 6.61 Å². The van der Waals surface area contributed by atoms with Gasteiger partial charge in [0.2, 0.25) is 0 Å². The first-order valence-corrected chi connectivity index (χ1v) is 4.07. The van der Waals surface area contributed by atoms with Gasteiger partial charge in [0.25, 0.3) is 0 Å². The lowest BCUT2D eigenvalue weighted by Gasteiger charge is -2.13. The van der Waals surface area contributed by atoms with Gasteiger partial charge in [-0.2, -0.15) is 0 Å². The molecule has 0 heterocycles. The molecule has 0 radical (unpaired) electrons. The van der Waals surface area contributed by atoms with Crippen LogP contribution in [0.1, 0.15) is 19.8 Å². The quantitative estimate of drug-likeness (QED) is 0.657. The molecule has 0 aromatic heterocycles. The minimum atomic E-state index is -0.403. The van der Waals surface area contributed by atoms with Crippen molar-refractivity contribution < 1.29 is 10.2 Å². The molecule has 0 aliphatic carbocycles. The number of aliphatic hydroxyl groups excluding tert-OH is 2. The van der Waals surface area contributed by atoms with Gasteiger partial charge < -0.3 is 10.2 Å². The number of alkyl halides is 1. The Bertz CT molecular complexity index is 68.1. The predicted octanol–water partition coefficient (Wildman–Crippen LogP) is 0.903. The van der Waals surface area contributed by atoms with Gasteiger partial charge in [0.1, 0.15) is 0 Å². The van der Waals surface area contributed by atoms with Crippen LogP contribution in [0.5, 0.6) is 0 Å². The molecule has 56 valence electrons. The SMILES string of the molecule is CC[C@@H](Br)[C@H](O)CCO. The van der Waals surface area contributed by atoms with E-state index in [1.54, 1.807) is 0 Å². The largest absolute Gasteiger partial charge is 0.396 e. The van der Waals surface area contributed by atoms with Gasteiger partial charge in [-0.25, -0.2) is 0 Å². The van der Waals surface area contributed by atoms with Crippen molar-refractivity contribution in [3.8, 4) is 0 Å². The molecule has 2 atom stereocenters. The maximum Gasteiger partial charge on any atom is 0.0686 e. The molecular formula is C6H13BrO2. The van der Waals surface area contributed by atoms with E-state index < -0.39 is 6.10 Å². The maximum absolute atomic E-state index is 9.11. The summed E-state index contributed by atoms with van der Waals surface area (Å²) in [6.07, 6.45) is 0.949. The van der Waals surface area contributed by atoms with Crippen molar-refractivity contribution in [1.29, 1.82) is 0 Å². The molecule has 3 heteroatoms. The summed E-state index contributed by atoms with van der Waals surface area (Å²) >= 11 is 3.28. The van der Waals surface area contributed by atoms with E-state index in [2.05, 4.69) is 15.9 Å². The molecule has 9 heavy (non-hydrogen) atoms. The number of halogens is 1. The normalized spacial score (nSPS) is 17.3. The first kappa shape index (κ1) is 9.40. The molecule has 0 aromatic carbocycles. The third kappa shape index (κ3) is 3.89. The second kappa shape index (κ2) is 5.21. The maximum atomic E-state index is 9.11. The summed E-state index contributed by atoms with van der Waals surface area (Å²) in [6, 6.07) is 0. The molecule has 0 saturated carbocycles. The third-order valence-electron chi connectivity index (χ3n) is 1.23. The average Bonchev–Trinajstić information content (AvgIpc) is 1.87. The van der Waals surface area contributed by atoms with E-state index in [0.717, 1.165) is 6.42 Å². The van der Waals surface area contributed by atoms with Crippen LogP contribution < -0.4 is 0 Å². The van der Waals surface area contributed by atoms with Crippen LogP contribution in [0.15, 0.2) is 0 Å². The van der Waals surface area contributed by atoms with Crippen molar-refractivity contribution in [2.45, 2.75) is 30.7 Å². The smallest absolute Gasteiger partial charge is 0.0686 e. The minimum absolute atomic E-state index is 0.0588. The monoisotopic (exact) mass is 196 g/mol. The van der Waals surface area contributed by atoms with Crippen LogP contribution in [0.2, 0.25) is 0 Å². The first-order chi connectivity index (χ1) is 4.22. The summed E-state index contributed by atoms with van der Waals surface area (Å²) in [5.74, 6) is 0. The lowest BCUT2D eigenvalue weighted by atomic mass is 10.1. The third-order valence-corrected chi connectivity index (χ3v) is 2.49. The van der Waals surface area contributed by atoms with Crippen LogP contribution in [0.4, 0.5) is 0 Å². The van der Waals surface area contributed by atoms with Crippen molar-refractivity contribution in [2.24, 2.45) is 0 Å². The highest BCUT2D eigenvalue weighted by molar-refractivity contribution is 9.09.